The number of carbonyl (C=O) groups is 1. The van der Waals surface area contributed by atoms with Crippen LogP contribution in [-0.4, -0.2) is 69.1 Å². The minimum absolute atomic E-state index is 0.0269. The van der Waals surface area contributed by atoms with Gasteiger partial charge in [0.1, 0.15) is 5.75 Å². The largest absolute Gasteiger partial charge is 0.483 e. The molecule has 5 heteroatoms. The van der Waals surface area contributed by atoms with Crippen molar-refractivity contribution in [1.82, 2.24) is 15.1 Å². The molecule has 2 rings (SSSR count). The van der Waals surface area contributed by atoms with E-state index in [9.17, 15) is 4.79 Å². The Kier molecular flexibility index (Phi) is 8.22. The molecule has 1 aliphatic heterocycles. The van der Waals surface area contributed by atoms with Gasteiger partial charge in [0.25, 0.3) is 5.91 Å². The number of hydrogen-bond acceptors (Lipinski definition) is 4. The average Bonchev–Trinajstić information content (AvgIpc) is 2.64. The molecular weight excluding hydrogens is 314 g/mol. The highest BCUT2D eigenvalue weighted by molar-refractivity contribution is 5.77. The Morgan fingerprint density at radius 3 is 2.68 bits per heavy atom. The number of hydrogen-bond donors (Lipinski definition) is 1. The van der Waals surface area contributed by atoms with Crippen molar-refractivity contribution in [3.05, 3.63) is 29.8 Å². The molecule has 0 aliphatic carbocycles. The molecule has 1 aromatic carbocycles. The molecule has 1 aliphatic rings. The molecule has 1 saturated heterocycles. The van der Waals surface area contributed by atoms with E-state index in [0.29, 0.717) is 5.92 Å². The van der Waals surface area contributed by atoms with Crippen molar-refractivity contribution in [2.45, 2.75) is 26.2 Å². The molecule has 140 valence electrons. The molecule has 0 spiro atoms. The Balaban J connectivity index is 1.62. The van der Waals surface area contributed by atoms with Crippen LogP contribution in [0.1, 0.15) is 25.3 Å². The Morgan fingerprint density at radius 1 is 1.28 bits per heavy atom. The van der Waals surface area contributed by atoms with Crippen molar-refractivity contribution in [3.8, 4) is 5.75 Å². The monoisotopic (exact) mass is 347 g/mol. The van der Waals surface area contributed by atoms with Crippen LogP contribution in [0, 0.1) is 5.92 Å². The Morgan fingerprint density at radius 2 is 2.00 bits per heavy atom. The minimum atomic E-state index is -0.0269. The SMILES string of the molecule is CCc1ccccc1OCC(=O)NCC1CCN(CCN(C)C)CC1. The zero-order valence-corrected chi connectivity index (χ0v) is 16.0. The van der Waals surface area contributed by atoms with E-state index in [0.717, 1.165) is 63.3 Å². The Bertz CT molecular complexity index is 525. The van der Waals surface area contributed by atoms with Crippen LogP contribution in [0.5, 0.6) is 5.75 Å². The van der Waals surface area contributed by atoms with Crippen molar-refractivity contribution in [3.63, 3.8) is 0 Å². The second-order valence-corrected chi connectivity index (χ2v) is 7.14. The number of nitrogens with zero attached hydrogens (tertiary/aromatic N) is 2. The van der Waals surface area contributed by atoms with Gasteiger partial charge in [-0.15, -0.1) is 0 Å². The van der Waals surface area contributed by atoms with Crippen LogP contribution in [0.3, 0.4) is 0 Å². The highest BCUT2D eigenvalue weighted by atomic mass is 16.5. The van der Waals surface area contributed by atoms with Gasteiger partial charge >= 0.3 is 0 Å². The molecule has 1 fully saturated rings. The maximum atomic E-state index is 12.0. The lowest BCUT2D eigenvalue weighted by Gasteiger charge is -2.32. The molecule has 0 saturated carbocycles. The van der Waals surface area contributed by atoms with E-state index in [1.54, 1.807) is 0 Å². The smallest absolute Gasteiger partial charge is 0.257 e. The molecule has 0 radical (unpaired) electrons. The van der Waals surface area contributed by atoms with Crippen LogP contribution < -0.4 is 10.1 Å². The molecule has 1 aromatic rings. The molecule has 1 N–H and O–H groups in total. The summed E-state index contributed by atoms with van der Waals surface area (Å²) in [5, 5.41) is 3.03. The van der Waals surface area contributed by atoms with Crippen LogP contribution in [-0.2, 0) is 11.2 Å². The van der Waals surface area contributed by atoms with Crippen LogP contribution in [0.2, 0.25) is 0 Å². The second kappa shape index (κ2) is 10.4. The molecule has 0 bridgehead atoms. The normalized spacial score (nSPS) is 16.2. The fourth-order valence-electron chi connectivity index (χ4n) is 3.14. The number of aryl methyl sites for hydroxylation is 1. The van der Waals surface area contributed by atoms with Gasteiger partial charge in [-0.3, -0.25) is 4.79 Å². The second-order valence-electron chi connectivity index (χ2n) is 7.14. The Hall–Kier alpha value is -1.59. The standard InChI is InChI=1S/C20H33N3O2/c1-4-18-7-5-6-8-19(18)25-16-20(24)21-15-17-9-11-23(12-10-17)14-13-22(2)3/h5-8,17H,4,9-16H2,1-3H3,(H,21,24). The maximum absolute atomic E-state index is 12.0. The Labute approximate surface area is 152 Å². The average molecular weight is 348 g/mol. The van der Waals surface area contributed by atoms with Crippen LogP contribution >= 0.6 is 0 Å². The lowest BCUT2D eigenvalue weighted by atomic mass is 9.97. The first-order valence-electron chi connectivity index (χ1n) is 9.43. The third-order valence-electron chi connectivity index (χ3n) is 4.87. The number of carbonyl (C=O) groups excluding carboxylic acids is 1. The topological polar surface area (TPSA) is 44.8 Å². The lowest BCUT2D eigenvalue weighted by molar-refractivity contribution is -0.123. The number of para-hydroxylation sites is 1. The van der Waals surface area contributed by atoms with Crippen molar-refractivity contribution in [1.29, 1.82) is 0 Å². The number of ether oxygens (including phenoxy) is 1. The maximum Gasteiger partial charge on any atom is 0.257 e. The number of likely N-dealkylation sites (tertiary alicyclic amines) is 1. The van der Waals surface area contributed by atoms with E-state index in [2.05, 4.69) is 36.1 Å². The predicted molar refractivity (Wildman–Crippen MR) is 102 cm³/mol. The zero-order valence-electron chi connectivity index (χ0n) is 16.0. The van der Waals surface area contributed by atoms with Crippen molar-refractivity contribution >= 4 is 5.91 Å². The molecule has 0 unspecified atom stereocenters. The van der Waals surface area contributed by atoms with Gasteiger partial charge in [0.2, 0.25) is 0 Å². The fraction of sp³-hybridized carbons (Fsp3) is 0.650. The molecular formula is C20H33N3O2. The van der Waals surface area contributed by atoms with Crippen LogP contribution in [0.15, 0.2) is 24.3 Å². The summed E-state index contributed by atoms with van der Waals surface area (Å²) in [5.41, 5.74) is 1.14. The third kappa shape index (κ3) is 7.04. The quantitative estimate of drug-likeness (QED) is 0.742. The first-order valence-corrected chi connectivity index (χ1v) is 9.43. The summed E-state index contributed by atoms with van der Waals surface area (Å²) < 4.78 is 5.68. The number of amides is 1. The number of nitrogens with one attached hydrogen (secondary N) is 1. The summed E-state index contributed by atoms with van der Waals surface area (Å²) in [6.07, 6.45) is 3.23. The van der Waals surface area contributed by atoms with Gasteiger partial charge in [0, 0.05) is 19.6 Å². The molecule has 5 nitrogen and oxygen atoms in total. The van der Waals surface area contributed by atoms with Crippen molar-refractivity contribution < 1.29 is 9.53 Å². The van der Waals surface area contributed by atoms with Gasteiger partial charge in [0.15, 0.2) is 6.61 Å². The fourth-order valence-corrected chi connectivity index (χ4v) is 3.14. The number of piperidine rings is 1. The van der Waals surface area contributed by atoms with Gasteiger partial charge in [-0.25, -0.2) is 0 Å². The van der Waals surface area contributed by atoms with E-state index >= 15 is 0 Å². The highest BCUT2D eigenvalue weighted by Gasteiger charge is 2.19. The number of rotatable bonds is 9. The minimum Gasteiger partial charge on any atom is -0.483 e. The summed E-state index contributed by atoms with van der Waals surface area (Å²) in [7, 11) is 4.23. The third-order valence-corrected chi connectivity index (χ3v) is 4.87. The first-order chi connectivity index (χ1) is 12.1. The van der Waals surface area contributed by atoms with Crippen LogP contribution in [0.25, 0.3) is 0 Å². The molecule has 1 heterocycles. The summed E-state index contributed by atoms with van der Waals surface area (Å²) >= 11 is 0. The molecule has 0 aromatic heterocycles. The van der Waals surface area contributed by atoms with Crippen molar-refractivity contribution in [2.24, 2.45) is 5.92 Å². The van der Waals surface area contributed by atoms with E-state index in [-0.39, 0.29) is 12.5 Å². The van der Waals surface area contributed by atoms with Crippen molar-refractivity contribution in [2.75, 3.05) is 53.4 Å². The van der Waals surface area contributed by atoms with E-state index in [1.807, 2.05) is 24.3 Å². The zero-order chi connectivity index (χ0) is 18.1. The summed E-state index contributed by atoms with van der Waals surface area (Å²) in [4.78, 5) is 16.8. The van der Waals surface area contributed by atoms with Gasteiger partial charge in [-0.2, -0.15) is 0 Å². The van der Waals surface area contributed by atoms with Gasteiger partial charge in [0.05, 0.1) is 0 Å². The van der Waals surface area contributed by atoms with Gasteiger partial charge < -0.3 is 19.9 Å². The van der Waals surface area contributed by atoms with Crippen LogP contribution in [0.4, 0.5) is 0 Å². The number of benzene rings is 1. The van der Waals surface area contributed by atoms with E-state index in [4.69, 9.17) is 4.74 Å². The van der Waals surface area contributed by atoms with Gasteiger partial charge in [-0.1, -0.05) is 25.1 Å². The summed E-state index contributed by atoms with van der Waals surface area (Å²) in [6, 6.07) is 7.90. The van der Waals surface area contributed by atoms with Gasteiger partial charge in [-0.05, 0) is 64.0 Å². The number of likely N-dealkylation sites (N-methyl/N-ethyl adjacent to an activating group) is 1. The lowest BCUT2D eigenvalue weighted by Crippen LogP contribution is -2.41. The van der Waals surface area contributed by atoms with E-state index < -0.39 is 0 Å². The molecule has 1 amide bonds. The first kappa shape index (κ1) is 19.7. The predicted octanol–water partition coefficient (Wildman–Crippen LogP) is 2.02. The highest BCUT2D eigenvalue weighted by Crippen LogP contribution is 2.18. The van der Waals surface area contributed by atoms with E-state index in [1.165, 1.54) is 0 Å². The summed E-state index contributed by atoms with van der Waals surface area (Å²) in [6.45, 7) is 7.46. The molecule has 25 heavy (non-hydrogen) atoms. The summed E-state index contributed by atoms with van der Waals surface area (Å²) in [5.74, 6) is 1.37. The molecule has 0 atom stereocenters.